The fourth-order valence-corrected chi connectivity index (χ4v) is 1.80. The summed E-state index contributed by atoms with van der Waals surface area (Å²) in [5.74, 6) is 0.693. The Morgan fingerprint density at radius 2 is 2.00 bits per heavy atom. The third kappa shape index (κ3) is 5.35. The third-order valence-corrected chi connectivity index (χ3v) is 2.83. The summed E-state index contributed by atoms with van der Waals surface area (Å²) in [5, 5.41) is 0. The lowest BCUT2D eigenvalue weighted by Crippen LogP contribution is -2.41. The number of hydrogen-bond donors (Lipinski definition) is 1. The number of rotatable bonds is 6. The Labute approximate surface area is 98.9 Å². The largest absolute Gasteiger partial charge is 0.380 e. The fraction of sp³-hybridized carbons (Fsp3) is 0.917. The molecule has 4 nitrogen and oxygen atoms in total. The fourth-order valence-electron chi connectivity index (χ4n) is 1.80. The van der Waals surface area contributed by atoms with Crippen molar-refractivity contribution in [1.82, 2.24) is 4.90 Å². The van der Waals surface area contributed by atoms with Gasteiger partial charge in [0.25, 0.3) is 0 Å². The zero-order valence-corrected chi connectivity index (χ0v) is 10.5. The monoisotopic (exact) mass is 227 g/mol. The predicted molar refractivity (Wildman–Crippen MR) is 67.6 cm³/mol. The summed E-state index contributed by atoms with van der Waals surface area (Å²) in [7, 11) is 0. The van der Waals surface area contributed by atoms with Crippen LogP contribution in [-0.4, -0.2) is 43.7 Å². The van der Waals surface area contributed by atoms with E-state index in [1.165, 1.54) is 25.7 Å². The van der Waals surface area contributed by atoms with Crippen LogP contribution in [0.4, 0.5) is 0 Å². The Balaban J connectivity index is 2.07. The molecule has 1 heterocycles. The molecule has 1 fully saturated rings. The Morgan fingerprint density at radius 3 is 2.69 bits per heavy atom. The van der Waals surface area contributed by atoms with Crippen LogP contribution in [0.1, 0.15) is 39.0 Å². The van der Waals surface area contributed by atoms with Crippen LogP contribution in [0.2, 0.25) is 0 Å². The molecule has 4 heteroatoms. The molecule has 2 N–H and O–H groups in total. The Kier molecular flexibility index (Phi) is 6.97. The highest BCUT2D eigenvalue weighted by atomic mass is 16.5. The number of nitrogens with two attached hydrogens (primary N) is 1. The maximum atomic E-state index is 5.91. The highest BCUT2D eigenvalue weighted by Gasteiger charge is 2.11. The molecule has 94 valence electrons. The van der Waals surface area contributed by atoms with Gasteiger partial charge in [-0.2, -0.15) is 0 Å². The van der Waals surface area contributed by atoms with E-state index in [4.69, 9.17) is 10.5 Å². The molecule has 0 bridgehead atoms. The van der Waals surface area contributed by atoms with Gasteiger partial charge in [-0.15, -0.1) is 0 Å². The minimum Gasteiger partial charge on any atom is -0.380 e. The Morgan fingerprint density at radius 1 is 1.25 bits per heavy atom. The first-order valence-corrected chi connectivity index (χ1v) is 6.47. The van der Waals surface area contributed by atoms with Crippen LogP contribution in [0.5, 0.6) is 0 Å². The second-order valence-corrected chi connectivity index (χ2v) is 4.25. The SMILES string of the molecule is CCCCOCCN=C(N)N1CCCCC1. The average molecular weight is 227 g/mol. The second kappa shape index (κ2) is 8.39. The summed E-state index contributed by atoms with van der Waals surface area (Å²) < 4.78 is 5.43. The number of guanidine groups is 1. The number of likely N-dealkylation sites (tertiary alicyclic amines) is 1. The van der Waals surface area contributed by atoms with Gasteiger partial charge in [-0.05, 0) is 25.7 Å². The van der Waals surface area contributed by atoms with Crippen LogP contribution < -0.4 is 5.73 Å². The standard InChI is InChI=1S/C12H25N3O/c1-2-3-10-16-11-7-14-12(13)15-8-5-4-6-9-15/h2-11H2,1H3,(H2,13,14). The van der Waals surface area contributed by atoms with Gasteiger partial charge < -0.3 is 15.4 Å². The minimum absolute atomic E-state index is 0.687. The lowest BCUT2D eigenvalue weighted by Gasteiger charge is -2.27. The molecule has 0 unspecified atom stereocenters. The van der Waals surface area contributed by atoms with Crippen LogP contribution in [0, 0.1) is 0 Å². The molecular weight excluding hydrogens is 202 g/mol. The molecule has 1 aliphatic heterocycles. The summed E-state index contributed by atoms with van der Waals surface area (Å²) in [6.07, 6.45) is 6.11. The second-order valence-electron chi connectivity index (χ2n) is 4.25. The summed E-state index contributed by atoms with van der Waals surface area (Å²) in [6.45, 7) is 6.50. The number of hydrogen-bond acceptors (Lipinski definition) is 2. The van der Waals surface area contributed by atoms with Crippen LogP contribution in [0.3, 0.4) is 0 Å². The maximum absolute atomic E-state index is 5.91. The highest BCUT2D eigenvalue weighted by molar-refractivity contribution is 5.78. The normalized spacial score (nSPS) is 17.8. The lowest BCUT2D eigenvalue weighted by molar-refractivity contribution is 0.138. The molecular formula is C12H25N3O. The van der Waals surface area contributed by atoms with Crippen LogP contribution >= 0.6 is 0 Å². The summed E-state index contributed by atoms with van der Waals surface area (Å²) >= 11 is 0. The Bertz CT molecular complexity index is 200. The molecule has 1 aliphatic rings. The van der Waals surface area contributed by atoms with Crippen LogP contribution in [0.15, 0.2) is 4.99 Å². The molecule has 16 heavy (non-hydrogen) atoms. The zero-order chi connectivity index (χ0) is 11.6. The van der Waals surface area contributed by atoms with E-state index in [0.717, 1.165) is 26.1 Å². The van der Waals surface area contributed by atoms with Gasteiger partial charge in [0.1, 0.15) is 0 Å². The molecule has 0 amide bonds. The van der Waals surface area contributed by atoms with Gasteiger partial charge >= 0.3 is 0 Å². The molecule has 0 aliphatic carbocycles. The van der Waals surface area contributed by atoms with E-state index in [1.54, 1.807) is 0 Å². The maximum Gasteiger partial charge on any atom is 0.191 e. The van der Waals surface area contributed by atoms with Crippen molar-refractivity contribution in [2.24, 2.45) is 10.7 Å². The smallest absolute Gasteiger partial charge is 0.191 e. The molecule has 1 saturated heterocycles. The molecule has 0 aromatic carbocycles. The topological polar surface area (TPSA) is 50.9 Å². The highest BCUT2D eigenvalue weighted by Crippen LogP contribution is 2.07. The quantitative estimate of drug-likeness (QED) is 0.426. The number of piperidine rings is 1. The lowest BCUT2D eigenvalue weighted by atomic mass is 10.1. The number of unbranched alkanes of at least 4 members (excludes halogenated alkanes) is 1. The van der Waals surface area contributed by atoms with E-state index >= 15 is 0 Å². The van der Waals surface area contributed by atoms with Gasteiger partial charge in [-0.3, -0.25) is 4.99 Å². The van der Waals surface area contributed by atoms with Crippen molar-refractivity contribution in [2.45, 2.75) is 39.0 Å². The van der Waals surface area contributed by atoms with E-state index in [-0.39, 0.29) is 0 Å². The first-order chi connectivity index (χ1) is 7.84. The van der Waals surface area contributed by atoms with E-state index in [2.05, 4.69) is 16.8 Å². The first kappa shape index (κ1) is 13.3. The van der Waals surface area contributed by atoms with Crippen LogP contribution in [0.25, 0.3) is 0 Å². The van der Waals surface area contributed by atoms with Gasteiger partial charge in [-0.1, -0.05) is 13.3 Å². The molecule has 1 rings (SSSR count). The van der Waals surface area contributed by atoms with Crippen LogP contribution in [-0.2, 0) is 4.74 Å². The van der Waals surface area contributed by atoms with Crippen molar-refractivity contribution in [3.05, 3.63) is 0 Å². The van der Waals surface area contributed by atoms with Gasteiger partial charge in [0.05, 0.1) is 13.2 Å². The summed E-state index contributed by atoms with van der Waals surface area (Å²) in [4.78, 5) is 6.52. The molecule has 0 radical (unpaired) electrons. The zero-order valence-electron chi connectivity index (χ0n) is 10.5. The van der Waals surface area contributed by atoms with E-state index in [0.29, 0.717) is 19.1 Å². The molecule has 0 saturated carbocycles. The van der Waals surface area contributed by atoms with Gasteiger partial charge in [0.15, 0.2) is 5.96 Å². The van der Waals surface area contributed by atoms with Crippen molar-refractivity contribution >= 4 is 5.96 Å². The summed E-state index contributed by atoms with van der Waals surface area (Å²) in [6, 6.07) is 0. The van der Waals surface area contributed by atoms with Crippen molar-refractivity contribution < 1.29 is 4.74 Å². The number of ether oxygens (including phenoxy) is 1. The molecule has 0 spiro atoms. The average Bonchev–Trinajstić information content (AvgIpc) is 2.34. The molecule has 0 aromatic heterocycles. The summed E-state index contributed by atoms with van der Waals surface area (Å²) in [5.41, 5.74) is 5.91. The first-order valence-electron chi connectivity index (χ1n) is 6.47. The van der Waals surface area contributed by atoms with Gasteiger partial charge in [-0.25, -0.2) is 0 Å². The van der Waals surface area contributed by atoms with Gasteiger partial charge in [0.2, 0.25) is 0 Å². The van der Waals surface area contributed by atoms with Gasteiger partial charge in [0, 0.05) is 19.7 Å². The minimum atomic E-state index is 0.687. The number of nitrogens with zero attached hydrogens (tertiary/aromatic N) is 2. The third-order valence-electron chi connectivity index (χ3n) is 2.83. The predicted octanol–water partition coefficient (Wildman–Crippen LogP) is 1.60. The van der Waals surface area contributed by atoms with Crippen molar-refractivity contribution in [2.75, 3.05) is 32.8 Å². The molecule has 0 aromatic rings. The van der Waals surface area contributed by atoms with E-state index in [1.807, 2.05) is 0 Å². The molecule has 0 atom stereocenters. The van der Waals surface area contributed by atoms with E-state index in [9.17, 15) is 0 Å². The van der Waals surface area contributed by atoms with Crippen molar-refractivity contribution in [1.29, 1.82) is 0 Å². The van der Waals surface area contributed by atoms with E-state index < -0.39 is 0 Å². The number of aliphatic imine (C=N–C) groups is 1. The Hall–Kier alpha value is -0.770. The van der Waals surface area contributed by atoms with Crippen molar-refractivity contribution in [3.8, 4) is 0 Å². The van der Waals surface area contributed by atoms with Crippen molar-refractivity contribution in [3.63, 3.8) is 0 Å².